The molecule has 1 aliphatic heterocycles. The number of nitrogens with zero attached hydrogens (tertiary/aromatic N) is 6. The van der Waals surface area contributed by atoms with E-state index in [2.05, 4.69) is 15.1 Å². The zero-order valence-corrected chi connectivity index (χ0v) is 25.2. The van der Waals surface area contributed by atoms with Crippen molar-refractivity contribution in [3.8, 4) is 28.4 Å². The van der Waals surface area contributed by atoms with Crippen LogP contribution in [0.1, 0.15) is 64.0 Å². The van der Waals surface area contributed by atoms with E-state index in [0.29, 0.717) is 37.4 Å². The third kappa shape index (κ3) is 7.59. The lowest BCUT2D eigenvalue weighted by atomic mass is 9.97. The van der Waals surface area contributed by atoms with Crippen molar-refractivity contribution < 1.29 is 24.0 Å². The predicted octanol–water partition coefficient (Wildman–Crippen LogP) is 5.00. The number of benzene rings is 1. The van der Waals surface area contributed by atoms with Crippen LogP contribution in [0.4, 0.5) is 10.5 Å². The summed E-state index contributed by atoms with van der Waals surface area (Å²) in [6.45, 7) is 15.0. The summed E-state index contributed by atoms with van der Waals surface area (Å²) < 4.78 is 13.0. The number of carbonyl (C=O) groups excluding carboxylic acids is 2. The average molecular weight is 582 g/mol. The highest BCUT2D eigenvalue weighted by Crippen LogP contribution is 2.39. The van der Waals surface area contributed by atoms with E-state index in [1.807, 2.05) is 33.8 Å². The molecule has 226 valence electrons. The molecule has 3 heterocycles. The second kappa shape index (κ2) is 13.4. The molecule has 3 aromatic rings. The molecule has 1 fully saturated rings. The normalized spacial score (nSPS) is 13.1. The SMILES string of the molecule is CC.CCn1nc(C)cc1-c1ncc(-c2cc(C(N)=O)cc(OCCC3CN(C(=O)OC(C)(C)C)C3)c2[N+](=O)[O-])cn1. The standard InChI is InChI=1S/C27H33N7O6.C2H6/c1-6-33-21(9-16(2)31-33)25-29-12-19(13-30-25)20-10-18(24(28)35)11-22(23(20)34(37)38)39-8-7-17-14-32(15-17)26(36)40-27(3,4)5;1-2/h9-13,17H,6-8,14-15H2,1-5H3,(H2,28,35);1-2H3. The van der Waals surface area contributed by atoms with Gasteiger partial charge in [0.05, 0.1) is 22.8 Å². The second-order valence-electron chi connectivity index (χ2n) is 10.7. The fraction of sp³-hybridized carbons (Fsp3) is 0.483. The summed E-state index contributed by atoms with van der Waals surface area (Å²) in [5.41, 5.74) is 6.67. The lowest BCUT2D eigenvalue weighted by Crippen LogP contribution is -2.51. The summed E-state index contributed by atoms with van der Waals surface area (Å²) in [6, 6.07) is 4.47. The number of nitro groups is 1. The monoisotopic (exact) mass is 581 g/mol. The summed E-state index contributed by atoms with van der Waals surface area (Å²) in [5.74, 6) is -0.264. The first-order valence-electron chi connectivity index (χ1n) is 14.0. The first-order valence-corrected chi connectivity index (χ1v) is 14.0. The van der Waals surface area contributed by atoms with Crippen LogP contribution in [-0.2, 0) is 11.3 Å². The van der Waals surface area contributed by atoms with Gasteiger partial charge in [-0.25, -0.2) is 14.8 Å². The molecule has 13 heteroatoms. The third-order valence-electron chi connectivity index (χ3n) is 6.33. The number of nitro benzene ring substituents is 1. The molecule has 13 nitrogen and oxygen atoms in total. The molecule has 0 unspecified atom stereocenters. The molecule has 0 bridgehead atoms. The first-order chi connectivity index (χ1) is 19.9. The van der Waals surface area contributed by atoms with Crippen LogP contribution in [0, 0.1) is 23.0 Å². The highest BCUT2D eigenvalue weighted by Gasteiger charge is 2.34. The predicted molar refractivity (Wildman–Crippen MR) is 157 cm³/mol. The van der Waals surface area contributed by atoms with Crippen molar-refractivity contribution in [2.24, 2.45) is 11.7 Å². The van der Waals surface area contributed by atoms with Crippen molar-refractivity contribution in [3.63, 3.8) is 0 Å². The summed E-state index contributed by atoms with van der Waals surface area (Å²) in [6.07, 6.45) is 3.10. The number of likely N-dealkylation sites (tertiary alicyclic amines) is 1. The Hall–Kier alpha value is -4.55. The first kappa shape index (κ1) is 32.0. The number of amides is 2. The molecule has 4 rings (SSSR count). The van der Waals surface area contributed by atoms with E-state index >= 15 is 0 Å². The lowest BCUT2D eigenvalue weighted by Gasteiger charge is -2.39. The van der Waals surface area contributed by atoms with E-state index in [-0.39, 0.29) is 41.2 Å². The largest absolute Gasteiger partial charge is 0.487 e. The summed E-state index contributed by atoms with van der Waals surface area (Å²) in [4.78, 5) is 46.2. The summed E-state index contributed by atoms with van der Waals surface area (Å²) >= 11 is 0. The van der Waals surface area contributed by atoms with Gasteiger partial charge in [-0.1, -0.05) is 13.8 Å². The molecule has 0 atom stereocenters. The Morgan fingerprint density at radius 3 is 2.33 bits per heavy atom. The molecule has 0 spiro atoms. The third-order valence-corrected chi connectivity index (χ3v) is 6.33. The van der Waals surface area contributed by atoms with Gasteiger partial charge in [-0.2, -0.15) is 5.10 Å². The van der Waals surface area contributed by atoms with Crippen molar-refractivity contribution in [3.05, 3.63) is 52.0 Å². The molecular formula is C29H39N7O6. The maximum Gasteiger partial charge on any atom is 0.410 e. The van der Waals surface area contributed by atoms with Crippen molar-refractivity contribution in [1.82, 2.24) is 24.6 Å². The number of carbonyl (C=O) groups is 2. The van der Waals surface area contributed by atoms with Gasteiger partial charge in [-0.15, -0.1) is 0 Å². The highest BCUT2D eigenvalue weighted by molar-refractivity contribution is 5.96. The van der Waals surface area contributed by atoms with Gasteiger partial charge < -0.3 is 20.1 Å². The van der Waals surface area contributed by atoms with Crippen molar-refractivity contribution in [2.45, 2.75) is 67.0 Å². The number of hydrogen-bond donors (Lipinski definition) is 1. The van der Waals surface area contributed by atoms with Crippen LogP contribution in [0.25, 0.3) is 22.6 Å². The van der Waals surface area contributed by atoms with E-state index in [4.69, 9.17) is 15.2 Å². The van der Waals surface area contributed by atoms with Crippen molar-refractivity contribution in [2.75, 3.05) is 19.7 Å². The Morgan fingerprint density at radius 1 is 1.14 bits per heavy atom. The van der Waals surface area contributed by atoms with Crippen molar-refractivity contribution >= 4 is 17.7 Å². The number of ether oxygens (including phenoxy) is 2. The van der Waals surface area contributed by atoms with Gasteiger partial charge in [0.1, 0.15) is 11.3 Å². The smallest absolute Gasteiger partial charge is 0.410 e. The average Bonchev–Trinajstić information content (AvgIpc) is 3.30. The quantitative estimate of drug-likeness (QED) is 0.270. The van der Waals surface area contributed by atoms with Crippen LogP contribution in [0.5, 0.6) is 5.75 Å². The number of nitrogens with two attached hydrogens (primary N) is 1. The van der Waals surface area contributed by atoms with E-state index < -0.39 is 16.4 Å². The molecule has 0 aliphatic carbocycles. The van der Waals surface area contributed by atoms with Crippen LogP contribution >= 0.6 is 0 Å². The second-order valence-corrected chi connectivity index (χ2v) is 10.7. The van der Waals surface area contributed by atoms with Crippen LogP contribution in [0.15, 0.2) is 30.6 Å². The van der Waals surface area contributed by atoms with E-state index in [1.54, 1.807) is 30.4 Å². The molecule has 2 aromatic heterocycles. The topological polar surface area (TPSA) is 169 Å². The zero-order valence-electron chi connectivity index (χ0n) is 25.2. The molecule has 1 aromatic carbocycles. The minimum absolute atomic E-state index is 0.0547. The molecule has 2 N–H and O–H groups in total. The number of hydrogen-bond acceptors (Lipinski definition) is 9. The Bertz CT molecular complexity index is 1420. The fourth-order valence-electron chi connectivity index (χ4n) is 4.40. The van der Waals surface area contributed by atoms with E-state index in [9.17, 15) is 19.7 Å². The minimum atomic E-state index is -0.757. The van der Waals surface area contributed by atoms with Gasteiger partial charge in [-0.05, 0) is 59.1 Å². The van der Waals surface area contributed by atoms with Gasteiger partial charge in [0.2, 0.25) is 5.91 Å². The van der Waals surface area contributed by atoms with Gasteiger partial charge in [0.15, 0.2) is 11.6 Å². The molecule has 1 saturated heterocycles. The highest BCUT2D eigenvalue weighted by atomic mass is 16.6. The summed E-state index contributed by atoms with van der Waals surface area (Å²) in [5, 5.41) is 16.6. The summed E-state index contributed by atoms with van der Waals surface area (Å²) in [7, 11) is 0. The molecule has 1 aliphatic rings. The molecule has 42 heavy (non-hydrogen) atoms. The van der Waals surface area contributed by atoms with Gasteiger partial charge in [0.25, 0.3) is 0 Å². The zero-order chi connectivity index (χ0) is 31.2. The number of rotatable bonds is 9. The molecule has 2 amide bonds. The Kier molecular flexibility index (Phi) is 10.2. The van der Waals surface area contributed by atoms with E-state index in [1.165, 1.54) is 24.5 Å². The Morgan fingerprint density at radius 2 is 1.79 bits per heavy atom. The lowest BCUT2D eigenvalue weighted by molar-refractivity contribution is -0.385. The maximum atomic E-state index is 12.2. The molecule has 0 radical (unpaired) electrons. The van der Waals surface area contributed by atoms with E-state index in [0.717, 1.165) is 11.4 Å². The Labute approximate surface area is 245 Å². The fourth-order valence-corrected chi connectivity index (χ4v) is 4.40. The number of aromatic nitrogens is 4. The number of primary amides is 1. The number of aryl methyl sites for hydroxylation is 2. The van der Waals surface area contributed by atoms with Crippen LogP contribution in [0.3, 0.4) is 0 Å². The van der Waals surface area contributed by atoms with Gasteiger partial charge in [-0.3, -0.25) is 19.6 Å². The van der Waals surface area contributed by atoms with Crippen LogP contribution < -0.4 is 10.5 Å². The Balaban J connectivity index is 0.00000237. The van der Waals surface area contributed by atoms with Crippen LogP contribution in [0.2, 0.25) is 0 Å². The van der Waals surface area contributed by atoms with Crippen molar-refractivity contribution in [1.29, 1.82) is 0 Å². The molecular weight excluding hydrogens is 542 g/mol. The van der Waals surface area contributed by atoms with Gasteiger partial charge in [0, 0.05) is 49.2 Å². The molecule has 0 saturated carbocycles. The van der Waals surface area contributed by atoms with Crippen LogP contribution in [-0.4, -0.2) is 66.9 Å². The van der Waals surface area contributed by atoms with Gasteiger partial charge >= 0.3 is 11.8 Å². The maximum absolute atomic E-state index is 12.2. The minimum Gasteiger partial charge on any atom is -0.487 e.